The van der Waals surface area contributed by atoms with Crippen LogP contribution in [0.4, 0.5) is 4.39 Å². The number of amides is 2. The molecule has 27 heavy (non-hydrogen) atoms. The largest absolute Gasteiger partial charge is 0.480 e. The Labute approximate surface area is 160 Å². The van der Waals surface area contributed by atoms with Gasteiger partial charge in [0, 0.05) is 5.56 Å². The van der Waals surface area contributed by atoms with E-state index in [2.05, 4.69) is 10.6 Å². The SMILES string of the molecule is CC(C)C[C@H](NC(=O)CNC(=O)c1sccc1-c1ccc(F)cc1)C(=O)O. The lowest BCUT2D eigenvalue weighted by Crippen LogP contribution is -2.46. The van der Waals surface area contributed by atoms with Gasteiger partial charge in [0.2, 0.25) is 5.91 Å². The molecule has 0 fully saturated rings. The van der Waals surface area contributed by atoms with Gasteiger partial charge in [-0.2, -0.15) is 0 Å². The van der Waals surface area contributed by atoms with E-state index in [0.717, 1.165) is 0 Å². The standard InChI is InChI=1S/C19H21FN2O4S/c1-11(2)9-15(19(25)26)22-16(23)10-21-18(24)17-14(7-8-27-17)12-3-5-13(20)6-4-12/h3-8,11,15H,9-10H2,1-2H3,(H,21,24)(H,22,23)(H,25,26)/t15-/m0/s1. The Morgan fingerprint density at radius 1 is 1.15 bits per heavy atom. The molecule has 1 aromatic heterocycles. The molecule has 0 saturated carbocycles. The smallest absolute Gasteiger partial charge is 0.326 e. The third-order valence-electron chi connectivity index (χ3n) is 3.78. The summed E-state index contributed by atoms with van der Waals surface area (Å²) in [6.07, 6.45) is 0.300. The molecule has 0 saturated heterocycles. The van der Waals surface area contributed by atoms with Crippen molar-refractivity contribution in [1.82, 2.24) is 10.6 Å². The third-order valence-corrected chi connectivity index (χ3v) is 4.69. The number of nitrogens with one attached hydrogen (secondary N) is 2. The number of carbonyl (C=O) groups is 3. The second-order valence-electron chi connectivity index (χ2n) is 6.44. The van der Waals surface area contributed by atoms with E-state index in [-0.39, 0.29) is 18.3 Å². The van der Waals surface area contributed by atoms with Crippen LogP contribution in [0.5, 0.6) is 0 Å². The van der Waals surface area contributed by atoms with Crippen LogP contribution in [-0.2, 0) is 9.59 Å². The fourth-order valence-corrected chi connectivity index (χ4v) is 3.35. The van der Waals surface area contributed by atoms with Crippen LogP contribution < -0.4 is 10.6 Å². The van der Waals surface area contributed by atoms with E-state index in [1.807, 2.05) is 13.8 Å². The number of carboxylic acids is 1. The van der Waals surface area contributed by atoms with E-state index in [9.17, 15) is 18.8 Å². The van der Waals surface area contributed by atoms with Crippen molar-refractivity contribution in [2.75, 3.05) is 6.54 Å². The molecule has 1 heterocycles. The van der Waals surface area contributed by atoms with Crippen molar-refractivity contribution in [3.63, 3.8) is 0 Å². The Morgan fingerprint density at radius 3 is 2.41 bits per heavy atom. The number of rotatable bonds is 8. The zero-order chi connectivity index (χ0) is 20.0. The summed E-state index contributed by atoms with van der Waals surface area (Å²) in [5.74, 6) is -2.40. The first-order valence-corrected chi connectivity index (χ1v) is 9.29. The molecule has 0 radical (unpaired) electrons. The van der Waals surface area contributed by atoms with Crippen LogP contribution in [0.3, 0.4) is 0 Å². The first-order chi connectivity index (χ1) is 12.8. The number of hydrogen-bond donors (Lipinski definition) is 3. The minimum atomic E-state index is -1.11. The summed E-state index contributed by atoms with van der Waals surface area (Å²) in [5, 5.41) is 15.8. The summed E-state index contributed by atoms with van der Waals surface area (Å²) in [7, 11) is 0. The van der Waals surface area contributed by atoms with Gasteiger partial charge in [-0.15, -0.1) is 11.3 Å². The van der Waals surface area contributed by atoms with Gasteiger partial charge >= 0.3 is 5.97 Å². The van der Waals surface area contributed by atoms with Crippen LogP contribution in [-0.4, -0.2) is 35.5 Å². The van der Waals surface area contributed by atoms with Crippen LogP contribution >= 0.6 is 11.3 Å². The molecule has 2 amide bonds. The number of carboxylic acid groups (broad SMARTS) is 1. The highest BCUT2D eigenvalue weighted by molar-refractivity contribution is 7.12. The van der Waals surface area contributed by atoms with Crippen molar-refractivity contribution >= 4 is 29.1 Å². The number of carbonyl (C=O) groups excluding carboxylic acids is 2. The number of thiophene rings is 1. The van der Waals surface area contributed by atoms with Gasteiger partial charge < -0.3 is 15.7 Å². The van der Waals surface area contributed by atoms with Crippen molar-refractivity contribution in [3.8, 4) is 11.1 Å². The molecule has 0 unspecified atom stereocenters. The monoisotopic (exact) mass is 392 g/mol. The van der Waals surface area contributed by atoms with Gasteiger partial charge in [-0.1, -0.05) is 26.0 Å². The van der Waals surface area contributed by atoms with Gasteiger partial charge in [0.25, 0.3) is 5.91 Å². The third kappa shape index (κ3) is 5.89. The van der Waals surface area contributed by atoms with E-state index in [0.29, 0.717) is 22.4 Å². The van der Waals surface area contributed by atoms with Gasteiger partial charge in [-0.3, -0.25) is 9.59 Å². The van der Waals surface area contributed by atoms with E-state index >= 15 is 0 Å². The summed E-state index contributed by atoms with van der Waals surface area (Å²) >= 11 is 1.20. The second-order valence-corrected chi connectivity index (χ2v) is 7.36. The maximum absolute atomic E-state index is 13.1. The van der Waals surface area contributed by atoms with E-state index in [1.54, 1.807) is 23.6 Å². The summed E-state index contributed by atoms with van der Waals surface area (Å²) in [5.41, 5.74) is 1.33. The molecule has 3 N–H and O–H groups in total. The number of halogens is 1. The van der Waals surface area contributed by atoms with Crippen LogP contribution in [0.25, 0.3) is 11.1 Å². The van der Waals surface area contributed by atoms with Crippen molar-refractivity contribution in [1.29, 1.82) is 0 Å². The summed E-state index contributed by atoms with van der Waals surface area (Å²) in [6, 6.07) is 6.52. The quantitative estimate of drug-likeness (QED) is 0.644. The lowest BCUT2D eigenvalue weighted by molar-refractivity contribution is -0.142. The predicted molar refractivity (Wildman–Crippen MR) is 101 cm³/mol. The normalized spacial score (nSPS) is 11.9. The Kier molecular flexibility index (Phi) is 7.06. The highest BCUT2D eigenvalue weighted by atomic mass is 32.1. The highest BCUT2D eigenvalue weighted by Crippen LogP contribution is 2.28. The second kappa shape index (κ2) is 9.27. The molecule has 0 spiro atoms. The van der Waals surface area contributed by atoms with Crippen LogP contribution in [0, 0.1) is 11.7 Å². The van der Waals surface area contributed by atoms with Crippen molar-refractivity contribution in [3.05, 3.63) is 46.4 Å². The molecule has 1 atom stereocenters. The molecular weight excluding hydrogens is 371 g/mol. The van der Waals surface area contributed by atoms with Gasteiger partial charge in [-0.25, -0.2) is 9.18 Å². The first-order valence-electron chi connectivity index (χ1n) is 8.41. The molecule has 2 aromatic rings. The molecule has 144 valence electrons. The Morgan fingerprint density at radius 2 is 1.81 bits per heavy atom. The number of benzene rings is 1. The summed E-state index contributed by atoms with van der Waals surface area (Å²) in [4.78, 5) is 36.0. The average Bonchev–Trinajstić information content (AvgIpc) is 3.09. The minimum absolute atomic E-state index is 0.102. The van der Waals surface area contributed by atoms with Gasteiger partial charge in [-0.05, 0) is 41.5 Å². The van der Waals surface area contributed by atoms with Crippen molar-refractivity contribution < 1.29 is 23.9 Å². The fourth-order valence-electron chi connectivity index (χ4n) is 2.52. The molecular formula is C19H21FN2O4S. The van der Waals surface area contributed by atoms with Crippen LogP contribution in [0.2, 0.25) is 0 Å². The minimum Gasteiger partial charge on any atom is -0.480 e. The fraction of sp³-hybridized carbons (Fsp3) is 0.316. The highest BCUT2D eigenvalue weighted by Gasteiger charge is 2.22. The van der Waals surface area contributed by atoms with E-state index < -0.39 is 23.8 Å². The summed E-state index contributed by atoms with van der Waals surface area (Å²) in [6.45, 7) is 3.39. The lowest BCUT2D eigenvalue weighted by atomic mass is 10.0. The first kappa shape index (κ1) is 20.6. The maximum Gasteiger partial charge on any atom is 0.326 e. The van der Waals surface area contributed by atoms with Crippen LogP contribution in [0.15, 0.2) is 35.7 Å². The van der Waals surface area contributed by atoms with Gasteiger partial charge in [0.1, 0.15) is 11.9 Å². The lowest BCUT2D eigenvalue weighted by Gasteiger charge is -2.16. The topological polar surface area (TPSA) is 95.5 Å². The zero-order valence-electron chi connectivity index (χ0n) is 15.0. The Bertz CT molecular complexity index is 817. The Hall–Kier alpha value is -2.74. The molecule has 6 nitrogen and oxygen atoms in total. The van der Waals surface area contributed by atoms with E-state index in [1.165, 1.54) is 23.5 Å². The number of hydrogen-bond acceptors (Lipinski definition) is 4. The summed E-state index contributed by atoms with van der Waals surface area (Å²) < 4.78 is 13.1. The van der Waals surface area contributed by atoms with Crippen LogP contribution in [0.1, 0.15) is 29.9 Å². The molecule has 1 aromatic carbocycles. The maximum atomic E-state index is 13.1. The Balaban J connectivity index is 1.98. The predicted octanol–water partition coefficient (Wildman–Crippen LogP) is 2.90. The average molecular weight is 392 g/mol. The van der Waals surface area contributed by atoms with Crippen molar-refractivity contribution in [2.24, 2.45) is 5.92 Å². The zero-order valence-corrected chi connectivity index (χ0v) is 15.8. The number of aliphatic carboxylic acids is 1. The molecule has 0 bridgehead atoms. The van der Waals surface area contributed by atoms with Gasteiger partial charge in [0.05, 0.1) is 11.4 Å². The molecule has 2 rings (SSSR count). The van der Waals surface area contributed by atoms with Crippen molar-refractivity contribution in [2.45, 2.75) is 26.3 Å². The molecule has 0 aliphatic carbocycles. The molecule has 0 aliphatic heterocycles. The molecule has 8 heteroatoms. The molecule has 0 aliphatic rings. The van der Waals surface area contributed by atoms with Gasteiger partial charge in [0.15, 0.2) is 0 Å². The van der Waals surface area contributed by atoms with E-state index in [4.69, 9.17) is 5.11 Å².